The molecule has 0 N–H and O–H groups in total. The van der Waals surface area contributed by atoms with Crippen molar-refractivity contribution in [2.75, 3.05) is 13.2 Å². The first-order valence-corrected chi connectivity index (χ1v) is 12.1. The molecule has 3 nitrogen and oxygen atoms in total. The maximum atomic E-state index is 14.5. The average Bonchev–Trinajstić information content (AvgIpc) is 2.78. The van der Waals surface area contributed by atoms with Gasteiger partial charge in [-0.3, -0.25) is 4.98 Å². The molecular formula is C27H40FNO2. The van der Waals surface area contributed by atoms with Gasteiger partial charge in [0.2, 0.25) is 0 Å². The van der Waals surface area contributed by atoms with Crippen molar-refractivity contribution in [3.8, 4) is 17.0 Å². The van der Waals surface area contributed by atoms with Crippen molar-refractivity contribution in [2.45, 2.75) is 91.1 Å². The van der Waals surface area contributed by atoms with Crippen LogP contribution in [0.1, 0.15) is 84.1 Å². The van der Waals surface area contributed by atoms with E-state index in [1.54, 1.807) is 6.07 Å². The van der Waals surface area contributed by atoms with Gasteiger partial charge in [-0.2, -0.15) is 0 Å². The minimum Gasteiger partial charge on any atom is -0.488 e. The van der Waals surface area contributed by atoms with E-state index in [1.165, 1.54) is 56.6 Å². The molecule has 1 aromatic heterocycles. The van der Waals surface area contributed by atoms with Crippen molar-refractivity contribution in [1.29, 1.82) is 0 Å². The molecule has 0 aliphatic rings. The summed E-state index contributed by atoms with van der Waals surface area (Å²) in [6.45, 7) is 7.37. The Morgan fingerprint density at radius 3 is 2.32 bits per heavy atom. The Morgan fingerprint density at radius 2 is 1.65 bits per heavy atom. The third kappa shape index (κ3) is 9.82. The van der Waals surface area contributed by atoms with E-state index >= 15 is 0 Å². The van der Waals surface area contributed by atoms with E-state index in [0.29, 0.717) is 13.2 Å². The van der Waals surface area contributed by atoms with Gasteiger partial charge in [0.15, 0.2) is 11.6 Å². The van der Waals surface area contributed by atoms with Gasteiger partial charge in [0, 0.05) is 18.4 Å². The lowest BCUT2D eigenvalue weighted by molar-refractivity contribution is 0.0299. The van der Waals surface area contributed by atoms with Gasteiger partial charge in [-0.15, -0.1) is 0 Å². The van der Waals surface area contributed by atoms with E-state index in [2.05, 4.69) is 24.9 Å². The minimum atomic E-state index is -0.368. The molecule has 2 rings (SSSR count). The van der Waals surface area contributed by atoms with Gasteiger partial charge in [-0.25, -0.2) is 4.39 Å². The number of rotatable bonds is 16. The van der Waals surface area contributed by atoms with E-state index in [0.717, 1.165) is 30.5 Å². The molecule has 0 fully saturated rings. The molecule has 0 amide bonds. The highest BCUT2D eigenvalue weighted by Gasteiger charge is 2.10. The number of hydrogen-bond donors (Lipinski definition) is 0. The fraction of sp³-hybridized carbons (Fsp3) is 0.593. The summed E-state index contributed by atoms with van der Waals surface area (Å²) in [5.74, 6) is -0.113. The average molecular weight is 430 g/mol. The molecule has 0 bridgehead atoms. The maximum absolute atomic E-state index is 14.5. The van der Waals surface area contributed by atoms with Crippen LogP contribution in [0.3, 0.4) is 0 Å². The fourth-order valence-corrected chi connectivity index (χ4v) is 3.49. The van der Waals surface area contributed by atoms with E-state index in [4.69, 9.17) is 9.47 Å². The molecule has 1 atom stereocenters. The fourth-order valence-electron chi connectivity index (χ4n) is 3.49. The first-order chi connectivity index (χ1) is 15.1. The van der Waals surface area contributed by atoms with Crippen LogP contribution in [0.15, 0.2) is 36.5 Å². The van der Waals surface area contributed by atoms with Crippen molar-refractivity contribution in [2.24, 2.45) is 0 Å². The Kier molecular flexibility index (Phi) is 12.2. The lowest BCUT2D eigenvalue weighted by Crippen LogP contribution is -2.19. The quantitative estimate of drug-likeness (QED) is 0.255. The number of nitrogens with zero attached hydrogens (tertiary/aromatic N) is 1. The molecule has 0 radical (unpaired) electrons. The Balaban J connectivity index is 1.79. The molecule has 31 heavy (non-hydrogen) atoms. The Labute approximate surface area is 188 Å². The van der Waals surface area contributed by atoms with Gasteiger partial charge in [0.1, 0.15) is 6.61 Å². The number of aryl methyl sites for hydroxylation is 1. The Hall–Kier alpha value is -1.94. The van der Waals surface area contributed by atoms with Gasteiger partial charge < -0.3 is 9.47 Å². The summed E-state index contributed by atoms with van der Waals surface area (Å²) in [7, 11) is 0. The molecule has 172 valence electrons. The standard InChI is InChI=1S/C27H40FNO2/c1-4-6-8-9-10-11-12-13-23-14-16-26(29-20-23)24-15-17-27(25(28)19-24)31-21-22(3)30-18-7-5-2/h14-17,19-20,22H,4-13,18,21H2,1-3H3. The van der Waals surface area contributed by atoms with Crippen molar-refractivity contribution >= 4 is 0 Å². The van der Waals surface area contributed by atoms with E-state index in [-0.39, 0.29) is 17.7 Å². The van der Waals surface area contributed by atoms with E-state index in [9.17, 15) is 4.39 Å². The van der Waals surface area contributed by atoms with Gasteiger partial charge in [0.25, 0.3) is 0 Å². The molecular weight excluding hydrogens is 389 g/mol. The SMILES string of the molecule is CCCCCCCCCc1ccc(-c2ccc(OCC(C)OCCCC)c(F)c2)nc1. The molecule has 0 aliphatic carbocycles. The lowest BCUT2D eigenvalue weighted by atomic mass is 10.0. The second-order valence-corrected chi connectivity index (χ2v) is 8.41. The summed E-state index contributed by atoms with van der Waals surface area (Å²) in [6.07, 6.45) is 14.2. The number of benzene rings is 1. The van der Waals surface area contributed by atoms with Crippen LogP contribution >= 0.6 is 0 Å². The molecule has 0 saturated heterocycles. The first kappa shape index (κ1) is 25.3. The van der Waals surface area contributed by atoms with Gasteiger partial charge in [0.05, 0.1) is 11.8 Å². The predicted octanol–water partition coefficient (Wildman–Crippen LogP) is 7.76. The van der Waals surface area contributed by atoms with Gasteiger partial charge in [-0.05, 0) is 56.0 Å². The lowest BCUT2D eigenvalue weighted by Gasteiger charge is -2.15. The van der Waals surface area contributed by atoms with E-state index in [1.807, 2.05) is 25.3 Å². The van der Waals surface area contributed by atoms with Crippen LogP contribution in [0.4, 0.5) is 4.39 Å². The highest BCUT2D eigenvalue weighted by molar-refractivity contribution is 5.60. The topological polar surface area (TPSA) is 31.4 Å². The molecule has 0 spiro atoms. The van der Waals surface area contributed by atoms with Gasteiger partial charge in [-0.1, -0.05) is 64.9 Å². The van der Waals surface area contributed by atoms with Crippen LogP contribution in [0.2, 0.25) is 0 Å². The summed E-state index contributed by atoms with van der Waals surface area (Å²) >= 11 is 0. The third-order valence-electron chi connectivity index (χ3n) is 5.50. The van der Waals surface area contributed by atoms with Crippen LogP contribution in [-0.4, -0.2) is 24.3 Å². The second-order valence-electron chi connectivity index (χ2n) is 8.41. The van der Waals surface area contributed by atoms with E-state index < -0.39 is 0 Å². The number of hydrogen-bond acceptors (Lipinski definition) is 3. The Morgan fingerprint density at radius 1 is 0.903 bits per heavy atom. The third-order valence-corrected chi connectivity index (χ3v) is 5.50. The number of unbranched alkanes of at least 4 members (excludes halogenated alkanes) is 7. The Bertz CT molecular complexity index is 733. The summed E-state index contributed by atoms with van der Waals surface area (Å²) in [5.41, 5.74) is 2.79. The number of halogens is 1. The molecule has 4 heteroatoms. The predicted molar refractivity (Wildman–Crippen MR) is 127 cm³/mol. The summed E-state index contributed by atoms with van der Waals surface area (Å²) < 4.78 is 25.7. The zero-order valence-corrected chi connectivity index (χ0v) is 19.7. The zero-order chi connectivity index (χ0) is 22.3. The van der Waals surface area contributed by atoms with Gasteiger partial charge >= 0.3 is 0 Å². The molecule has 1 unspecified atom stereocenters. The number of ether oxygens (including phenoxy) is 2. The normalized spacial score (nSPS) is 12.1. The van der Waals surface area contributed by atoms with Crippen molar-refractivity contribution in [3.05, 3.63) is 47.9 Å². The molecule has 0 aliphatic heterocycles. The van der Waals surface area contributed by atoms with Crippen molar-refractivity contribution < 1.29 is 13.9 Å². The monoisotopic (exact) mass is 429 g/mol. The highest BCUT2D eigenvalue weighted by atomic mass is 19.1. The summed E-state index contributed by atoms with van der Waals surface area (Å²) in [4.78, 5) is 4.55. The molecule has 1 heterocycles. The van der Waals surface area contributed by atoms with Crippen LogP contribution < -0.4 is 4.74 Å². The van der Waals surface area contributed by atoms with Crippen molar-refractivity contribution in [3.63, 3.8) is 0 Å². The highest BCUT2D eigenvalue weighted by Crippen LogP contribution is 2.25. The van der Waals surface area contributed by atoms with Crippen LogP contribution in [0.25, 0.3) is 11.3 Å². The number of aromatic nitrogens is 1. The summed E-state index contributed by atoms with van der Waals surface area (Å²) in [5, 5.41) is 0. The van der Waals surface area contributed by atoms with Crippen molar-refractivity contribution in [1.82, 2.24) is 4.98 Å². The van der Waals surface area contributed by atoms with Crippen LogP contribution in [0, 0.1) is 5.82 Å². The summed E-state index contributed by atoms with van der Waals surface area (Å²) in [6, 6.07) is 9.12. The molecule has 1 aromatic carbocycles. The largest absolute Gasteiger partial charge is 0.488 e. The number of pyridine rings is 1. The first-order valence-electron chi connectivity index (χ1n) is 12.1. The molecule has 2 aromatic rings. The smallest absolute Gasteiger partial charge is 0.165 e. The second kappa shape index (κ2) is 15.0. The zero-order valence-electron chi connectivity index (χ0n) is 19.7. The van der Waals surface area contributed by atoms with Crippen LogP contribution in [-0.2, 0) is 11.2 Å². The minimum absolute atomic E-state index is 0.0591. The van der Waals surface area contributed by atoms with Crippen LogP contribution in [0.5, 0.6) is 5.75 Å². The molecule has 0 saturated carbocycles. The maximum Gasteiger partial charge on any atom is 0.165 e.